The van der Waals surface area contributed by atoms with Crippen LogP contribution in [0.2, 0.25) is 0 Å². The highest BCUT2D eigenvalue weighted by atomic mass is 16.5. The van der Waals surface area contributed by atoms with Crippen LogP contribution in [-0.2, 0) is 6.54 Å². The molecule has 3 nitrogen and oxygen atoms in total. The number of pyridine rings is 1. The first kappa shape index (κ1) is 15.5. The van der Waals surface area contributed by atoms with E-state index in [9.17, 15) is 0 Å². The van der Waals surface area contributed by atoms with Gasteiger partial charge in [-0.05, 0) is 69.1 Å². The van der Waals surface area contributed by atoms with Crippen LogP contribution >= 0.6 is 0 Å². The molecule has 112 valence electrons. The molecule has 0 bridgehead atoms. The first-order valence-electron chi connectivity index (χ1n) is 7.44. The molecule has 1 N–H and O–H groups in total. The number of hydrogen-bond donors (Lipinski definition) is 1. The van der Waals surface area contributed by atoms with E-state index in [2.05, 4.69) is 56.2 Å². The molecule has 2 rings (SSSR count). The van der Waals surface area contributed by atoms with Crippen molar-refractivity contribution in [1.29, 1.82) is 0 Å². The Kier molecular flexibility index (Phi) is 4.97. The maximum absolute atomic E-state index is 6.05. The Hall–Kier alpha value is -1.87. The van der Waals surface area contributed by atoms with Crippen molar-refractivity contribution in [1.82, 2.24) is 10.3 Å². The van der Waals surface area contributed by atoms with Gasteiger partial charge in [0, 0.05) is 17.8 Å². The molecule has 1 heterocycles. The van der Waals surface area contributed by atoms with Gasteiger partial charge in [-0.25, -0.2) is 4.98 Å². The highest BCUT2D eigenvalue weighted by molar-refractivity contribution is 5.41. The second kappa shape index (κ2) is 6.72. The highest BCUT2D eigenvalue weighted by Gasteiger charge is 2.11. The van der Waals surface area contributed by atoms with Crippen LogP contribution in [0.25, 0.3) is 0 Å². The summed E-state index contributed by atoms with van der Waals surface area (Å²) in [6.07, 6.45) is 0. The van der Waals surface area contributed by atoms with Gasteiger partial charge in [-0.3, -0.25) is 0 Å². The van der Waals surface area contributed by atoms with Crippen molar-refractivity contribution < 1.29 is 4.74 Å². The summed E-state index contributed by atoms with van der Waals surface area (Å²) in [5.74, 6) is 1.55. The quantitative estimate of drug-likeness (QED) is 0.892. The molecule has 21 heavy (non-hydrogen) atoms. The largest absolute Gasteiger partial charge is 0.439 e. The van der Waals surface area contributed by atoms with Crippen LogP contribution < -0.4 is 10.1 Å². The van der Waals surface area contributed by atoms with Crippen LogP contribution in [0.5, 0.6) is 11.6 Å². The fraction of sp³-hybridized carbons (Fsp3) is 0.389. The van der Waals surface area contributed by atoms with Crippen LogP contribution in [0, 0.1) is 27.7 Å². The number of aryl methyl sites for hydroxylation is 4. The molecule has 0 fully saturated rings. The Morgan fingerprint density at radius 1 is 1.00 bits per heavy atom. The van der Waals surface area contributed by atoms with Gasteiger partial charge < -0.3 is 10.1 Å². The van der Waals surface area contributed by atoms with Gasteiger partial charge in [0.05, 0.1) is 0 Å². The molecule has 0 saturated carbocycles. The van der Waals surface area contributed by atoms with E-state index in [0.717, 1.165) is 30.1 Å². The van der Waals surface area contributed by atoms with E-state index >= 15 is 0 Å². The lowest BCUT2D eigenvalue weighted by molar-refractivity contribution is 0.451. The topological polar surface area (TPSA) is 34.2 Å². The second-order valence-corrected chi connectivity index (χ2v) is 5.49. The van der Waals surface area contributed by atoms with Crippen molar-refractivity contribution in [2.75, 3.05) is 6.54 Å². The molecule has 0 amide bonds. The lowest BCUT2D eigenvalue weighted by Gasteiger charge is -2.14. The third-order valence-electron chi connectivity index (χ3n) is 3.68. The number of aromatic nitrogens is 1. The molecule has 3 heteroatoms. The minimum atomic E-state index is 0.705. The summed E-state index contributed by atoms with van der Waals surface area (Å²) < 4.78 is 6.05. The Bertz CT molecular complexity index is 635. The van der Waals surface area contributed by atoms with Gasteiger partial charge in [-0.15, -0.1) is 0 Å². The van der Waals surface area contributed by atoms with Crippen LogP contribution in [0.1, 0.15) is 34.9 Å². The van der Waals surface area contributed by atoms with E-state index in [1.54, 1.807) is 0 Å². The summed E-state index contributed by atoms with van der Waals surface area (Å²) in [6.45, 7) is 12.1. The SMILES string of the molecule is CCNCc1c(C)cc(C)nc1Oc1ccc(C)c(C)c1. The summed E-state index contributed by atoms with van der Waals surface area (Å²) in [5, 5.41) is 3.35. The van der Waals surface area contributed by atoms with Crippen molar-refractivity contribution in [3.05, 3.63) is 52.2 Å². The van der Waals surface area contributed by atoms with Crippen molar-refractivity contribution in [2.24, 2.45) is 0 Å². The predicted octanol–water partition coefficient (Wildman–Crippen LogP) is 4.22. The Labute approximate surface area is 127 Å². The maximum atomic E-state index is 6.05. The van der Waals surface area contributed by atoms with Gasteiger partial charge in [-0.2, -0.15) is 0 Å². The average Bonchev–Trinajstić information content (AvgIpc) is 2.42. The summed E-state index contributed by atoms with van der Waals surface area (Å²) in [6, 6.07) is 8.24. The van der Waals surface area contributed by atoms with Crippen molar-refractivity contribution in [3.63, 3.8) is 0 Å². The predicted molar refractivity (Wildman–Crippen MR) is 87.1 cm³/mol. The van der Waals surface area contributed by atoms with E-state index in [1.165, 1.54) is 16.7 Å². The smallest absolute Gasteiger partial charge is 0.224 e. The summed E-state index contributed by atoms with van der Waals surface area (Å²) in [4.78, 5) is 4.57. The number of nitrogens with zero attached hydrogens (tertiary/aromatic N) is 1. The van der Waals surface area contributed by atoms with Crippen LogP contribution in [0.15, 0.2) is 24.3 Å². The molecule has 1 aromatic carbocycles. The number of rotatable bonds is 5. The van der Waals surface area contributed by atoms with Crippen LogP contribution in [-0.4, -0.2) is 11.5 Å². The zero-order valence-electron chi connectivity index (χ0n) is 13.6. The molecular weight excluding hydrogens is 260 g/mol. The first-order chi connectivity index (χ1) is 10.0. The molecule has 0 atom stereocenters. The average molecular weight is 284 g/mol. The highest BCUT2D eigenvalue weighted by Crippen LogP contribution is 2.27. The van der Waals surface area contributed by atoms with Crippen LogP contribution in [0.4, 0.5) is 0 Å². The van der Waals surface area contributed by atoms with Gasteiger partial charge >= 0.3 is 0 Å². The number of nitrogens with one attached hydrogen (secondary N) is 1. The van der Waals surface area contributed by atoms with Gasteiger partial charge in [0.1, 0.15) is 5.75 Å². The Morgan fingerprint density at radius 2 is 1.76 bits per heavy atom. The molecule has 0 unspecified atom stereocenters. The molecule has 0 saturated heterocycles. The summed E-state index contributed by atoms with van der Waals surface area (Å²) in [7, 11) is 0. The monoisotopic (exact) mass is 284 g/mol. The summed E-state index contributed by atoms with van der Waals surface area (Å²) in [5.41, 5.74) is 5.81. The van der Waals surface area contributed by atoms with E-state index < -0.39 is 0 Å². The Balaban J connectivity index is 2.35. The van der Waals surface area contributed by atoms with Crippen molar-refractivity contribution >= 4 is 0 Å². The molecule has 1 aromatic heterocycles. The second-order valence-electron chi connectivity index (χ2n) is 5.49. The van der Waals surface area contributed by atoms with Gasteiger partial charge in [0.25, 0.3) is 0 Å². The number of benzene rings is 1. The first-order valence-corrected chi connectivity index (χ1v) is 7.44. The molecule has 2 aromatic rings. The number of hydrogen-bond acceptors (Lipinski definition) is 3. The normalized spacial score (nSPS) is 10.7. The standard InChI is InChI=1S/C18H24N2O/c1-6-19-11-17-14(4)9-15(5)20-18(17)21-16-8-7-12(2)13(3)10-16/h7-10,19H,6,11H2,1-5H3. The lowest BCUT2D eigenvalue weighted by Crippen LogP contribution is -2.14. The maximum Gasteiger partial charge on any atom is 0.224 e. The van der Waals surface area contributed by atoms with E-state index in [-0.39, 0.29) is 0 Å². The van der Waals surface area contributed by atoms with Gasteiger partial charge in [-0.1, -0.05) is 13.0 Å². The third-order valence-corrected chi connectivity index (χ3v) is 3.68. The minimum Gasteiger partial charge on any atom is -0.439 e. The molecule has 0 aliphatic rings. The molecule has 0 spiro atoms. The van der Waals surface area contributed by atoms with Gasteiger partial charge in [0.15, 0.2) is 0 Å². The van der Waals surface area contributed by atoms with E-state index in [4.69, 9.17) is 4.74 Å². The zero-order chi connectivity index (χ0) is 15.4. The van der Waals surface area contributed by atoms with Crippen molar-refractivity contribution in [2.45, 2.75) is 41.2 Å². The fourth-order valence-corrected chi connectivity index (χ4v) is 2.27. The van der Waals surface area contributed by atoms with Crippen molar-refractivity contribution in [3.8, 4) is 11.6 Å². The molecule has 0 aliphatic carbocycles. The van der Waals surface area contributed by atoms with E-state index in [1.807, 2.05) is 13.0 Å². The zero-order valence-corrected chi connectivity index (χ0v) is 13.6. The molecular formula is C18H24N2O. The lowest BCUT2D eigenvalue weighted by atomic mass is 10.1. The fourth-order valence-electron chi connectivity index (χ4n) is 2.27. The summed E-state index contributed by atoms with van der Waals surface area (Å²) >= 11 is 0. The Morgan fingerprint density at radius 3 is 2.43 bits per heavy atom. The third kappa shape index (κ3) is 3.82. The van der Waals surface area contributed by atoms with Gasteiger partial charge in [0.2, 0.25) is 5.88 Å². The number of ether oxygens (including phenoxy) is 1. The molecule has 0 aliphatic heterocycles. The molecule has 0 radical (unpaired) electrons. The van der Waals surface area contributed by atoms with E-state index in [0.29, 0.717) is 5.88 Å². The van der Waals surface area contributed by atoms with Crippen LogP contribution in [0.3, 0.4) is 0 Å². The minimum absolute atomic E-state index is 0.705.